The first-order chi connectivity index (χ1) is 8.29. The van der Waals surface area contributed by atoms with Crippen LogP contribution in [-0.2, 0) is 11.2 Å². The Morgan fingerprint density at radius 2 is 2.12 bits per heavy atom. The van der Waals surface area contributed by atoms with Crippen molar-refractivity contribution in [1.82, 2.24) is 0 Å². The molecule has 1 aromatic rings. The summed E-state index contributed by atoms with van der Waals surface area (Å²) in [7, 11) is 0. The van der Waals surface area contributed by atoms with Crippen molar-refractivity contribution < 1.29 is 9.13 Å². The van der Waals surface area contributed by atoms with E-state index in [9.17, 15) is 4.39 Å². The summed E-state index contributed by atoms with van der Waals surface area (Å²) in [4.78, 5) is 1.17. The molecule has 0 spiro atoms. The lowest BCUT2D eigenvalue weighted by atomic mass is 10.1. The Hall–Kier alpha value is -0.580. The maximum Gasteiger partial charge on any atom is 0.123 e. The lowest BCUT2D eigenvalue weighted by molar-refractivity contribution is 0.1000. The van der Waals surface area contributed by atoms with Gasteiger partial charge < -0.3 is 10.5 Å². The standard InChI is InChI=1S/C13H18FNOS/c14-11-1-2-13(10(9-11)3-6-15)17-12-4-7-16-8-5-12/h1-2,9,12H,3-8,15H2. The van der Waals surface area contributed by atoms with Crippen molar-refractivity contribution in [2.75, 3.05) is 19.8 Å². The first-order valence-corrected chi connectivity index (χ1v) is 6.90. The summed E-state index contributed by atoms with van der Waals surface area (Å²) in [6.45, 7) is 2.24. The van der Waals surface area contributed by atoms with Crippen molar-refractivity contribution in [2.45, 2.75) is 29.4 Å². The highest BCUT2D eigenvalue weighted by Crippen LogP contribution is 2.32. The Morgan fingerprint density at radius 1 is 1.35 bits per heavy atom. The molecular weight excluding hydrogens is 237 g/mol. The smallest absolute Gasteiger partial charge is 0.123 e. The number of halogens is 1. The van der Waals surface area contributed by atoms with E-state index in [1.807, 2.05) is 17.8 Å². The average molecular weight is 255 g/mol. The van der Waals surface area contributed by atoms with Crippen LogP contribution in [0, 0.1) is 5.82 Å². The van der Waals surface area contributed by atoms with Gasteiger partial charge in [-0.2, -0.15) is 0 Å². The van der Waals surface area contributed by atoms with E-state index < -0.39 is 0 Å². The molecule has 0 saturated carbocycles. The number of hydrogen-bond acceptors (Lipinski definition) is 3. The second kappa shape index (κ2) is 6.38. The minimum absolute atomic E-state index is 0.176. The van der Waals surface area contributed by atoms with Gasteiger partial charge in [0.2, 0.25) is 0 Å². The van der Waals surface area contributed by atoms with Gasteiger partial charge in [-0.25, -0.2) is 4.39 Å². The fourth-order valence-corrected chi connectivity index (χ4v) is 3.23. The van der Waals surface area contributed by atoms with Gasteiger partial charge in [-0.1, -0.05) is 0 Å². The molecule has 0 aliphatic carbocycles. The van der Waals surface area contributed by atoms with Gasteiger partial charge in [-0.3, -0.25) is 0 Å². The average Bonchev–Trinajstić information content (AvgIpc) is 2.34. The highest BCUT2D eigenvalue weighted by atomic mass is 32.2. The molecule has 94 valence electrons. The third-order valence-electron chi connectivity index (χ3n) is 2.90. The van der Waals surface area contributed by atoms with E-state index in [4.69, 9.17) is 10.5 Å². The molecule has 2 N–H and O–H groups in total. The lowest BCUT2D eigenvalue weighted by Gasteiger charge is -2.22. The van der Waals surface area contributed by atoms with Crippen LogP contribution in [0.3, 0.4) is 0 Å². The van der Waals surface area contributed by atoms with Gasteiger partial charge in [-0.05, 0) is 49.6 Å². The zero-order valence-corrected chi connectivity index (χ0v) is 10.6. The molecule has 2 nitrogen and oxygen atoms in total. The van der Waals surface area contributed by atoms with E-state index in [1.165, 1.54) is 11.0 Å². The van der Waals surface area contributed by atoms with Crippen LogP contribution in [0.15, 0.2) is 23.1 Å². The van der Waals surface area contributed by atoms with Crippen molar-refractivity contribution in [3.8, 4) is 0 Å². The number of thioether (sulfide) groups is 1. The summed E-state index contributed by atoms with van der Waals surface area (Å²) in [5.41, 5.74) is 6.59. The summed E-state index contributed by atoms with van der Waals surface area (Å²) in [5, 5.41) is 0.589. The zero-order valence-electron chi connectivity index (χ0n) is 9.82. The van der Waals surface area contributed by atoms with E-state index in [0.717, 1.165) is 38.0 Å². The largest absolute Gasteiger partial charge is 0.381 e. The molecule has 1 fully saturated rings. The van der Waals surface area contributed by atoms with Gasteiger partial charge in [0, 0.05) is 23.4 Å². The molecule has 4 heteroatoms. The molecule has 2 rings (SSSR count). The quantitative estimate of drug-likeness (QED) is 0.898. The maximum absolute atomic E-state index is 13.2. The number of ether oxygens (including phenoxy) is 1. The van der Waals surface area contributed by atoms with E-state index >= 15 is 0 Å². The topological polar surface area (TPSA) is 35.2 Å². The second-order valence-electron chi connectivity index (χ2n) is 4.22. The summed E-state index contributed by atoms with van der Waals surface area (Å²) in [6.07, 6.45) is 2.89. The van der Waals surface area contributed by atoms with Crippen molar-refractivity contribution >= 4 is 11.8 Å². The molecule has 1 aliphatic rings. The van der Waals surface area contributed by atoms with Gasteiger partial charge >= 0.3 is 0 Å². The van der Waals surface area contributed by atoms with Gasteiger partial charge in [0.1, 0.15) is 5.82 Å². The first-order valence-electron chi connectivity index (χ1n) is 6.02. The molecular formula is C13H18FNOS. The van der Waals surface area contributed by atoms with Crippen LogP contribution in [0.1, 0.15) is 18.4 Å². The lowest BCUT2D eigenvalue weighted by Crippen LogP contribution is -2.17. The molecule has 0 unspecified atom stereocenters. The minimum atomic E-state index is -0.176. The Bertz CT molecular complexity index is 366. The van der Waals surface area contributed by atoms with Crippen molar-refractivity contribution in [1.29, 1.82) is 0 Å². The van der Waals surface area contributed by atoms with Crippen LogP contribution in [0.25, 0.3) is 0 Å². The van der Waals surface area contributed by atoms with E-state index in [2.05, 4.69) is 0 Å². The summed E-state index contributed by atoms with van der Waals surface area (Å²) in [6, 6.07) is 5.01. The predicted octanol–water partition coefficient (Wildman–Crippen LogP) is 2.60. The third kappa shape index (κ3) is 3.69. The van der Waals surface area contributed by atoms with Gasteiger partial charge in [0.15, 0.2) is 0 Å². The van der Waals surface area contributed by atoms with Crippen molar-refractivity contribution in [3.05, 3.63) is 29.6 Å². The van der Waals surface area contributed by atoms with E-state index in [0.29, 0.717) is 11.8 Å². The second-order valence-corrected chi connectivity index (χ2v) is 5.56. The Labute approximate surface area is 106 Å². The molecule has 17 heavy (non-hydrogen) atoms. The van der Waals surface area contributed by atoms with Crippen LogP contribution in [0.4, 0.5) is 4.39 Å². The Kier molecular flexibility index (Phi) is 4.83. The molecule has 1 saturated heterocycles. The molecule has 1 heterocycles. The molecule has 0 atom stereocenters. The van der Waals surface area contributed by atoms with Gasteiger partial charge in [-0.15, -0.1) is 11.8 Å². The summed E-state index contributed by atoms with van der Waals surface area (Å²) < 4.78 is 18.5. The SMILES string of the molecule is NCCc1cc(F)ccc1SC1CCOCC1. The van der Waals surface area contributed by atoms with Crippen LogP contribution >= 0.6 is 11.8 Å². The third-order valence-corrected chi connectivity index (χ3v) is 4.36. The normalized spacial score (nSPS) is 17.3. The first kappa shape index (κ1) is 12.9. The summed E-state index contributed by atoms with van der Waals surface area (Å²) >= 11 is 1.84. The predicted molar refractivity (Wildman–Crippen MR) is 68.9 cm³/mol. The van der Waals surface area contributed by atoms with Crippen LogP contribution in [-0.4, -0.2) is 25.0 Å². The highest BCUT2D eigenvalue weighted by molar-refractivity contribution is 8.00. The van der Waals surface area contributed by atoms with E-state index in [1.54, 1.807) is 6.07 Å². The van der Waals surface area contributed by atoms with Crippen LogP contribution in [0.2, 0.25) is 0 Å². The van der Waals surface area contributed by atoms with Gasteiger partial charge in [0.25, 0.3) is 0 Å². The minimum Gasteiger partial charge on any atom is -0.381 e. The van der Waals surface area contributed by atoms with E-state index in [-0.39, 0.29) is 5.82 Å². The fraction of sp³-hybridized carbons (Fsp3) is 0.538. The molecule has 1 aliphatic heterocycles. The molecule has 0 aromatic heterocycles. The molecule has 1 aromatic carbocycles. The number of rotatable bonds is 4. The number of benzene rings is 1. The van der Waals surface area contributed by atoms with Crippen LogP contribution < -0.4 is 5.73 Å². The maximum atomic E-state index is 13.2. The summed E-state index contributed by atoms with van der Waals surface area (Å²) in [5.74, 6) is -0.176. The van der Waals surface area contributed by atoms with Gasteiger partial charge in [0.05, 0.1) is 0 Å². The van der Waals surface area contributed by atoms with Crippen molar-refractivity contribution in [3.63, 3.8) is 0 Å². The highest BCUT2D eigenvalue weighted by Gasteiger charge is 2.16. The van der Waals surface area contributed by atoms with Crippen molar-refractivity contribution in [2.24, 2.45) is 5.73 Å². The molecule has 0 bridgehead atoms. The number of nitrogens with two attached hydrogens (primary N) is 1. The Balaban J connectivity index is 2.07. The number of hydrogen-bond donors (Lipinski definition) is 1. The molecule has 0 amide bonds. The molecule has 0 radical (unpaired) electrons. The van der Waals surface area contributed by atoms with Crippen LogP contribution in [0.5, 0.6) is 0 Å². The fourth-order valence-electron chi connectivity index (χ4n) is 1.99. The monoisotopic (exact) mass is 255 g/mol. The zero-order chi connectivity index (χ0) is 12.1. The Morgan fingerprint density at radius 3 is 2.82 bits per heavy atom.